The van der Waals surface area contributed by atoms with Gasteiger partial charge >= 0.3 is 0 Å². The summed E-state index contributed by atoms with van der Waals surface area (Å²) in [5.41, 5.74) is 6.62. The number of likely N-dealkylation sites (tertiary alicyclic amines) is 1. The molecule has 1 saturated heterocycles. The lowest BCUT2D eigenvalue weighted by Crippen LogP contribution is -2.36. The number of aliphatic hydroxyl groups excluding tert-OH is 1. The van der Waals surface area contributed by atoms with Gasteiger partial charge in [-0.1, -0.05) is 24.3 Å². The monoisotopic (exact) mass is 586 g/mol. The lowest BCUT2D eigenvalue weighted by molar-refractivity contribution is 0.116. The number of aromatic nitrogens is 3. The number of halogens is 1. The minimum atomic E-state index is 0.289. The van der Waals surface area contributed by atoms with E-state index >= 15 is 0 Å². The molecule has 0 bridgehead atoms. The van der Waals surface area contributed by atoms with Crippen LogP contribution in [0.4, 0.5) is 0 Å². The molecule has 6 nitrogen and oxygen atoms in total. The van der Waals surface area contributed by atoms with Crippen molar-refractivity contribution in [2.75, 3.05) is 26.8 Å². The number of piperidine rings is 1. The number of rotatable bonds is 7. The molecule has 0 amide bonds. The predicted octanol–water partition coefficient (Wildman–Crippen LogP) is 5.82. The van der Waals surface area contributed by atoms with Crippen molar-refractivity contribution in [1.82, 2.24) is 18.8 Å². The van der Waals surface area contributed by atoms with Crippen molar-refractivity contribution in [2.24, 2.45) is 5.92 Å². The van der Waals surface area contributed by atoms with E-state index in [-0.39, 0.29) is 6.61 Å². The second-order valence-corrected chi connectivity index (χ2v) is 10.5. The fourth-order valence-corrected chi connectivity index (χ4v) is 5.94. The van der Waals surface area contributed by atoms with Crippen LogP contribution in [0, 0.1) is 5.92 Å². The highest BCUT2D eigenvalue weighted by Crippen LogP contribution is 2.36. The van der Waals surface area contributed by atoms with Crippen LogP contribution < -0.4 is 4.74 Å². The number of nitrogens with zero attached hydrogens (tertiary/aromatic N) is 4. The van der Waals surface area contributed by atoms with Crippen LogP contribution in [0.25, 0.3) is 33.3 Å². The van der Waals surface area contributed by atoms with E-state index < -0.39 is 0 Å². The van der Waals surface area contributed by atoms with Gasteiger partial charge in [0.15, 0.2) is 5.65 Å². The Hall–Kier alpha value is -2.14. The number of pyridine rings is 2. The topological polar surface area (TPSA) is 63.4 Å². The molecule has 5 rings (SSSR count). The average Bonchev–Trinajstić information content (AvgIpc) is 3.27. The summed E-state index contributed by atoms with van der Waals surface area (Å²) in [6, 6.07) is 14.9. The number of benzene rings is 1. The van der Waals surface area contributed by atoms with Crippen LogP contribution in [0.15, 0.2) is 61.1 Å². The number of fused-ring (bicyclic) bond motifs is 1. The van der Waals surface area contributed by atoms with Gasteiger partial charge in [-0.05, 0) is 48.6 Å². The van der Waals surface area contributed by atoms with Crippen LogP contribution in [-0.4, -0.2) is 50.8 Å². The minimum Gasteiger partial charge on any atom is -0.481 e. The van der Waals surface area contributed by atoms with Gasteiger partial charge < -0.3 is 9.84 Å². The molecule has 176 valence electrons. The Kier molecular flexibility index (Phi) is 7.38. The highest BCUT2D eigenvalue weighted by molar-refractivity contribution is 14.2. The number of hydrogen-bond acceptors (Lipinski definition) is 6. The van der Waals surface area contributed by atoms with Gasteiger partial charge in [-0.2, -0.15) is 0 Å². The number of aliphatic hydroxyl groups is 1. The highest BCUT2D eigenvalue weighted by Gasteiger charge is 2.19. The molecule has 0 aliphatic carbocycles. The zero-order chi connectivity index (χ0) is 23.5. The summed E-state index contributed by atoms with van der Waals surface area (Å²) >= 11 is 2.28. The van der Waals surface area contributed by atoms with E-state index in [0.29, 0.717) is 11.8 Å². The first-order chi connectivity index (χ1) is 16.7. The summed E-state index contributed by atoms with van der Waals surface area (Å²) in [6.07, 6.45) is 8.21. The second-order valence-electron chi connectivity index (χ2n) is 8.74. The Bertz CT molecular complexity index is 1260. The van der Waals surface area contributed by atoms with Crippen molar-refractivity contribution in [2.45, 2.75) is 19.4 Å². The van der Waals surface area contributed by atoms with Crippen molar-refractivity contribution < 1.29 is 9.84 Å². The molecule has 0 saturated carbocycles. The van der Waals surface area contributed by atoms with Gasteiger partial charge in [0.05, 0.1) is 7.11 Å². The maximum absolute atomic E-state index is 9.50. The first-order valence-corrected chi connectivity index (χ1v) is 14.7. The van der Waals surface area contributed by atoms with Crippen molar-refractivity contribution in [3.8, 4) is 28.1 Å². The third kappa shape index (κ3) is 4.95. The smallest absolute Gasteiger partial charge is 0.212 e. The quantitative estimate of drug-likeness (QED) is 0.275. The van der Waals surface area contributed by atoms with Crippen LogP contribution in [0.2, 0.25) is 0 Å². The van der Waals surface area contributed by atoms with Gasteiger partial charge in [-0.3, -0.25) is 8.87 Å². The molecular formula is C26H27IN4O2S. The Labute approximate surface area is 216 Å². The van der Waals surface area contributed by atoms with E-state index in [1.165, 1.54) is 5.56 Å². The largest absolute Gasteiger partial charge is 0.481 e. The summed E-state index contributed by atoms with van der Waals surface area (Å²) in [6.45, 7) is 3.30. The Balaban J connectivity index is 1.42. The third-order valence-corrected chi connectivity index (χ3v) is 8.20. The Morgan fingerprint density at radius 1 is 1.09 bits per heavy atom. The van der Waals surface area contributed by atoms with Gasteiger partial charge in [-0.25, -0.2) is 9.97 Å². The molecule has 1 aliphatic heterocycles. The molecule has 0 spiro atoms. The Morgan fingerprint density at radius 3 is 2.59 bits per heavy atom. The van der Waals surface area contributed by atoms with Crippen molar-refractivity contribution in [1.29, 1.82) is 0 Å². The molecule has 1 N–H and O–H groups in total. The van der Waals surface area contributed by atoms with Gasteiger partial charge in [0.2, 0.25) is 5.88 Å². The molecule has 4 aromatic rings. The first-order valence-electron chi connectivity index (χ1n) is 11.4. The normalized spacial score (nSPS) is 16.7. The molecule has 8 heteroatoms. The van der Waals surface area contributed by atoms with Crippen LogP contribution in [0.1, 0.15) is 18.4 Å². The third-order valence-electron chi connectivity index (χ3n) is 6.50. The van der Waals surface area contributed by atoms with E-state index in [1.54, 1.807) is 16.2 Å². The highest BCUT2D eigenvalue weighted by atomic mass is 127. The maximum atomic E-state index is 9.50. The molecule has 1 fully saturated rings. The first kappa shape index (κ1) is 23.6. The lowest BCUT2D eigenvalue weighted by Gasteiger charge is -2.31. The predicted molar refractivity (Wildman–Crippen MR) is 147 cm³/mol. The SMILES string of the molecule is COc1ccc(-c2cn(SI)c3ncc(-c4ccc(CN5CCCC(CO)C5)cc4)cc23)cn1. The van der Waals surface area contributed by atoms with E-state index in [4.69, 9.17) is 9.72 Å². The Morgan fingerprint density at radius 2 is 1.88 bits per heavy atom. The summed E-state index contributed by atoms with van der Waals surface area (Å²) in [4.78, 5) is 11.6. The lowest BCUT2D eigenvalue weighted by atomic mass is 9.98. The van der Waals surface area contributed by atoms with E-state index in [9.17, 15) is 5.11 Å². The van der Waals surface area contributed by atoms with Crippen LogP contribution in [-0.2, 0) is 6.54 Å². The van der Waals surface area contributed by atoms with Gasteiger partial charge in [0.25, 0.3) is 0 Å². The van der Waals surface area contributed by atoms with Crippen LogP contribution >= 0.6 is 30.3 Å². The average molecular weight is 586 g/mol. The van der Waals surface area contributed by atoms with Gasteiger partial charge in [0.1, 0.15) is 0 Å². The number of ether oxygens (including phenoxy) is 1. The van der Waals surface area contributed by atoms with Crippen molar-refractivity contribution in [3.63, 3.8) is 0 Å². The maximum Gasteiger partial charge on any atom is 0.212 e. The van der Waals surface area contributed by atoms with Gasteiger partial charge in [-0.15, -0.1) is 0 Å². The van der Waals surface area contributed by atoms with Gasteiger partial charge in [0, 0.05) is 96.8 Å². The summed E-state index contributed by atoms with van der Waals surface area (Å²) in [5.74, 6) is 1.01. The standard InChI is InChI=1S/C26H27IN4O2S/c1-33-25-9-8-21(12-28-25)24-16-31(34-27)26-23(24)11-22(13-29-26)20-6-4-18(5-7-20)14-30-10-2-3-19(15-30)17-32/h4-9,11-13,16,19,32H,2-3,10,14-15,17H2,1H3. The van der Waals surface area contributed by atoms with E-state index in [2.05, 4.69) is 71.6 Å². The fourth-order valence-electron chi connectivity index (χ4n) is 4.68. The fraction of sp³-hybridized carbons (Fsp3) is 0.308. The van der Waals surface area contributed by atoms with Crippen LogP contribution in [0.3, 0.4) is 0 Å². The van der Waals surface area contributed by atoms with Crippen molar-refractivity contribution in [3.05, 3.63) is 66.6 Å². The summed E-state index contributed by atoms with van der Waals surface area (Å²) in [5, 5.41) is 10.6. The molecule has 1 atom stereocenters. The number of methoxy groups -OCH3 is 1. The van der Waals surface area contributed by atoms with E-state index in [1.807, 2.05) is 24.5 Å². The van der Waals surface area contributed by atoms with Crippen LogP contribution in [0.5, 0.6) is 5.88 Å². The molecule has 4 heterocycles. The molecule has 34 heavy (non-hydrogen) atoms. The summed E-state index contributed by atoms with van der Waals surface area (Å²) < 4.78 is 7.30. The van der Waals surface area contributed by atoms with E-state index in [0.717, 1.165) is 65.8 Å². The molecule has 1 aromatic carbocycles. The number of hydrogen-bond donors (Lipinski definition) is 1. The van der Waals surface area contributed by atoms with Crippen molar-refractivity contribution >= 4 is 41.4 Å². The summed E-state index contributed by atoms with van der Waals surface area (Å²) in [7, 11) is 3.23. The molecule has 0 radical (unpaired) electrons. The molecular weight excluding hydrogens is 559 g/mol. The molecule has 1 aliphatic rings. The second kappa shape index (κ2) is 10.6. The molecule has 3 aromatic heterocycles. The zero-order valence-corrected chi connectivity index (χ0v) is 22.0. The minimum absolute atomic E-state index is 0.289. The zero-order valence-electron chi connectivity index (χ0n) is 19.0. The molecule has 1 unspecified atom stereocenters.